The quantitative estimate of drug-likeness (QED) is 0.801. The molecule has 24 heavy (non-hydrogen) atoms. The van der Waals surface area contributed by atoms with Crippen LogP contribution in [0.1, 0.15) is 16.1 Å². The van der Waals surface area contributed by atoms with Crippen molar-refractivity contribution in [3.8, 4) is 0 Å². The third kappa shape index (κ3) is 2.70. The van der Waals surface area contributed by atoms with Gasteiger partial charge in [0.15, 0.2) is 5.13 Å². The van der Waals surface area contributed by atoms with Crippen molar-refractivity contribution in [2.45, 2.75) is 19.4 Å². The lowest BCUT2D eigenvalue weighted by Crippen LogP contribution is -2.38. The number of carbonyl (C=O) groups is 2. The zero-order chi connectivity index (χ0) is 16.7. The van der Waals surface area contributed by atoms with Gasteiger partial charge in [-0.25, -0.2) is 4.98 Å². The molecule has 0 fully saturated rings. The van der Waals surface area contributed by atoms with Crippen LogP contribution in [0.3, 0.4) is 0 Å². The van der Waals surface area contributed by atoms with Crippen molar-refractivity contribution in [2.75, 3.05) is 30.4 Å². The van der Waals surface area contributed by atoms with Crippen molar-refractivity contribution >= 4 is 34.0 Å². The van der Waals surface area contributed by atoms with Crippen LogP contribution in [0.5, 0.6) is 0 Å². The number of likely N-dealkylation sites (N-methyl/N-ethyl adjacent to an activating group) is 1. The first-order valence-corrected chi connectivity index (χ1v) is 8.81. The van der Waals surface area contributed by atoms with E-state index < -0.39 is 11.8 Å². The molecular weight excluding hydrogens is 324 g/mol. The number of nitrogens with zero attached hydrogens (tertiary/aromatic N) is 3. The average Bonchev–Trinajstić information content (AvgIpc) is 3.17. The number of carbonyl (C=O) groups excluding carboxylic acids is 2. The molecule has 0 radical (unpaired) electrons. The van der Waals surface area contributed by atoms with Gasteiger partial charge in [0.05, 0.1) is 5.69 Å². The van der Waals surface area contributed by atoms with Crippen molar-refractivity contribution in [2.24, 2.45) is 0 Å². The minimum Gasteiger partial charge on any atom is -0.304 e. The number of para-hydroxylation sites is 1. The Balaban J connectivity index is 1.48. The molecule has 0 atom stereocenters. The molecule has 4 rings (SSSR count). The maximum absolute atomic E-state index is 12.5. The maximum atomic E-state index is 12.5. The molecule has 6 nitrogen and oxygen atoms in total. The Hall–Kier alpha value is -2.25. The highest BCUT2D eigenvalue weighted by Crippen LogP contribution is 2.29. The van der Waals surface area contributed by atoms with E-state index in [9.17, 15) is 9.59 Å². The lowest BCUT2D eigenvalue weighted by Gasteiger charge is -2.20. The van der Waals surface area contributed by atoms with Crippen molar-refractivity contribution in [3.63, 3.8) is 0 Å². The van der Waals surface area contributed by atoms with Gasteiger partial charge < -0.3 is 9.80 Å². The minimum absolute atomic E-state index is 0.515. The molecule has 2 aromatic rings. The fraction of sp³-hybridized carbons (Fsp3) is 0.353. The van der Waals surface area contributed by atoms with Gasteiger partial charge in [-0.2, -0.15) is 0 Å². The topological polar surface area (TPSA) is 65.5 Å². The number of amides is 2. The second kappa shape index (κ2) is 5.99. The summed E-state index contributed by atoms with van der Waals surface area (Å²) in [5.74, 6) is -1.14. The van der Waals surface area contributed by atoms with E-state index in [0.717, 1.165) is 47.8 Å². The molecule has 0 unspecified atom stereocenters. The predicted molar refractivity (Wildman–Crippen MR) is 93.3 cm³/mol. The summed E-state index contributed by atoms with van der Waals surface area (Å²) < 4.78 is 0. The normalized spacial score (nSPS) is 16.6. The summed E-state index contributed by atoms with van der Waals surface area (Å²) in [7, 11) is 2.06. The highest BCUT2D eigenvalue weighted by molar-refractivity contribution is 7.16. The summed E-state index contributed by atoms with van der Waals surface area (Å²) in [5, 5.41) is 3.20. The fourth-order valence-corrected chi connectivity index (χ4v) is 4.28. The second-order valence-electron chi connectivity index (χ2n) is 6.17. The number of hydrogen-bond acceptors (Lipinski definition) is 5. The minimum atomic E-state index is -0.619. The zero-order valence-corrected chi connectivity index (χ0v) is 14.2. The smallest absolute Gasteiger partial charge is 0.304 e. The molecule has 1 aromatic carbocycles. The SMILES string of the molecule is CN1CCc2nc(NC(=O)C(=O)N3CCc4ccccc43)sc2C1. The largest absolute Gasteiger partial charge is 0.316 e. The van der Waals surface area contributed by atoms with E-state index >= 15 is 0 Å². The third-order valence-corrected chi connectivity index (χ3v) is 5.47. The summed E-state index contributed by atoms with van der Waals surface area (Å²) >= 11 is 1.46. The fourth-order valence-electron chi connectivity index (χ4n) is 3.20. The zero-order valence-electron chi connectivity index (χ0n) is 13.4. The Kier molecular flexibility index (Phi) is 3.82. The van der Waals surface area contributed by atoms with Crippen molar-refractivity contribution < 1.29 is 9.59 Å². The first-order valence-electron chi connectivity index (χ1n) is 7.99. The summed E-state index contributed by atoms with van der Waals surface area (Å²) in [5.41, 5.74) is 2.97. The highest BCUT2D eigenvalue weighted by atomic mass is 32.1. The van der Waals surface area contributed by atoms with Gasteiger partial charge >= 0.3 is 11.8 Å². The number of fused-ring (bicyclic) bond motifs is 2. The molecule has 2 amide bonds. The monoisotopic (exact) mass is 342 g/mol. The molecule has 7 heteroatoms. The van der Waals surface area contributed by atoms with Crippen molar-refractivity contribution in [3.05, 3.63) is 40.4 Å². The van der Waals surface area contributed by atoms with Gasteiger partial charge in [-0.15, -0.1) is 11.3 Å². The lowest BCUT2D eigenvalue weighted by atomic mass is 10.2. The highest BCUT2D eigenvalue weighted by Gasteiger charge is 2.29. The van der Waals surface area contributed by atoms with Crippen molar-refractivity contribution in [1.82, 2.24) is 9.88 Å². The van der Waals surface area contributed by atoms with E-state index in [1.54, 1.807) is 4.90 Å². The van der Waals surface area contributed by atoms with Crippen molar-refractivity contribution in [1.29, 1.82) is 0 Å². The molecular formula is C17H18N4O2S. The van der Waals surface area contributed by atoms with Gasteiger partial charge in [0.25, 0.3) is 0 Å². The molecule has 0 saturated heterocycles. The number of anilines is 2. The molecule has 0 saturated carbocycles. The van der Waals surface area contributed by atoms with Crippen LogP contribution in [-0.4, -0.2) is 41.8 Å². The van der Waals surface area contributed by atoms with E-state index in [4.69, 9.17) is 0 Å². The van der Waals surface area contributed by atoms with E-state index in [2.05, 4.69) is 22.2 Å². The molecule has 0 bridgehead atoms. The number of nitrogens with one attached hydrogen (secondary N) is 1. The Morgan fingerprint density at radius 2 is 2.04 bits per heavy atom. The van der Waals surface area contributed by atoms with Crippen LogP contribution >= 0.6 is 11.3 Å². The maximum Gasteiger partial charge on any atom is 0.316 e. The van der Waals surface area contributed by atoms with Gasteiger partial charge in [-0.05, 0) is 25.1 Å². The van der Waals surface area contributed by atoms with Crippen LogP contribution < -0.4 is 10.2 Å². The number of benzene rings is 1. The van der Waals surface area contributed by atoms with Gasteiger partial charge in [-0.3, -0.25) is 14.9 Å². The molecule has 1 aromatic heterocycles. The van der Waals surface area contributed by atoms with E-state index in [1.807, 2.05) is 24.3 Å². The summed E-state index contributed by atoms with van der Waals surface area (Å²) in [6.45, 7) is 2.36. The van der Waals surface area contributed by atoms with Crippen LogP contribution in [0.15, 0.2) is 24.3 Å². The lowest BCUT2D eigenvalue weighted by molar-refractivity contribution is -0.134. The van der Waals surface area contributed by atoms with Crippen LogP contribution in [0, 0.1) is 0 Å². The first kappa shape index (κ1) is 15.3. The van der Waals surface area contributed by atoms with Crippen LogP contribution in [0.25, 0.3) is 0 Å². The Labute approximate surface area is 144 Å². The molecule has 3 heterocycles. The predicted octanol–water partition coefficient (Wildman–Crippen LogP) is 1.66. The number of thiazole rings is 1. The van der Waals surface area contributed by atoms with Gasteiger partial charge in [-0.1, -0.05) is 18.2 Å². The van der Waals surface area contributed by atoms with Crippen LogP contribution in [0.2, 0.25) is 0 Å². The Morgan fingerprint density at radius 3 is 2.92 bits per heavy atom. The van der Waals surface area contributed by atoms with Gasteiger partial charge in [0, 0.05) is 36.6 Å². The average molecular weight is 342 g/mol. The third-order valence-electron chi connectivity index (χ3n) is 4.47. The first-order chi connectivity index (χ1) is 11.6. The van der Waals surface area contributed by atoms with Crippen LogP contribution in [-0.2, 0) is 29.0 Å². The molecule has 2 aliphatic heterocycles. The standard InChI is InChI=1S/C17H18N4O2S/c1-20-8-7-12-14(10-20)24-17(18-12)19-15(22)16(23)21-9-6-11-4-2-3-5-13(11)21/h2-5H,6-10H2,1H3,(H,18,19,22). The van der Waals surface area contributed by atoms with E-state index in [0.29, 0.717) is 11.7 Å². The number of rotatable bonds is 1. The molecule has 1 N–H and O–H groups in total. The molecule has 124 valence electrons. The summed E-state index contributed by atoms with van der Waals surface area (Å²) in [4.78, 5) is 34.2. The second-order valence-corrected chi connectivity index (χ2v) is 7.25. The van der Waals surface area contributed by atoms with E-state index in [1.165, 1.54) is 11.3 Å². The number of hydrogen-bond donors (Lipinski definition) is 1. The van der Waals surface area contributed by atoms with Gasteiger partial charge in [0.1, 0.15) is 0 Å². The molecule has 2 aliphatic rings. The molecule has 0 spiro atoms. The molecule has 0 aliphatic carbocycles. The summed E-state index contributed by atoms with van der Waals surface area (Å²) in [6.07, 6.45) is 1.67. The van der Waals surface area contributed by atoms with Crippen LogP contribution in [0.4, 0.5) is 10.8 Å². The van der Waals surface area contributed by atoms with Gasteiger partial charge in [0.2, 0.25) is 0 Å². The number of aromatic nitrogens is 1. The Bertz CT molecular complexity index is 817. The Morgan fingerprint density at radius 1 is 1.21 bits per heavy atom. The summed E-state index contributed by atoms with van der Waals surface area (Å²) in [6, 6.07) is 7.70. The van der Waals surface area contributed by atoms with E-state index in [-0.39, 0.29) is 0 Å².